The molecule has 0 spiro atoms. The quantitative estimate of drug-likeness (QED) is 0.0497. The van der Waals surface area contributed by atoms with Crippen LogP contribution in [0.15, 0.2) is 55.8 Å². The highest BCUT2D eigenvalue weighted by Crippen LogP contribution is 2.45. The van der Waals surface area contributed by atoms with Gasteiger partial charge < -0.3 is 41.0 Å². The number of fused-ring (bicyclic) bond motifs is 2. The number of aromatic nitrogens is 1. The van der Waals surface area contributed by atoms with Crippen molar-refractivity contribution in [2.75, 3.05) is 26.0 Å². The third kappa shape index (κ3) is 9.33. The fourth-order valence-electron chi connectivity index (χ4n) is 8.12. The number of carbonyl (C=O) groups is 6. The molecule has 2 aliphatic carbocycles. The van der Waals surface area contributed by atoms with Crippen molar-refractivity contribution in [1.29, 1.82) is 0 Å². The number of amides is 7. The van der Waals surface area contributed by atoms with Crippen molar-refractivity contribution in [3.63, 3.8) is 0 Å². The molecule has 60 heavy (non-hydrogen) atoms. The molecule has 8 unspecified atom stereocenters. The molecule has 2 aromatic rings. The maximum Gasteiger partial charge on any atom is 0.315 e. The molecule has 8 atom stereocenters. The number of thioether (sulfide) groups is 1. The molecule has 5 fully saturated rings. The number of likely N-dealkylation sites (tertiary alicyclic amines) is 1. The SMILES string of the molecule is C=CC(=O)NCC(NC(=O)CCCCC1SCC2NC(=O)NC21)C(=O)N1CC(Oc2nccc3cc(OC)ccc23)CC1C(=O)NC1(C(=O)NS(=O)(=O)C2CC2)CC1C=C. The Kier molecular flexibility index (Phi) is 12.6. The number of rotatable bonds is 19. The van der Waals surface area contributed by atoms with Gasteiger partial charge in [-0.1, -0.05) is 19.1 Å². The van der Waals surface area contributed by atoms with Gasteiger partial charge >= 0.3 is 6.03 Å². The van der Waals surface area contributed by atoms with Crippen LogP contribution >= 0.6 is 11.8 Å². The second-order valence-corrected chi connectivity index (χ2v) is 19.0. The van der Waals surface area contributed by atoms with E-state index in [9.17, 15) is 37.2 Å². The molecule has 20 heteroatoms. The van der Waals surface area contributed by atoms with Gasteiger partial charge in [-0.25, -0.2) is 18.2 Å². The number of ether oxygens (including phenoxy) is 2. The monoisotopic (exact) mass is 866 g/mol. The van der Waals surface area contributed by atoms with Crippen LogP contribution in [0.5, 0.6) is 11.6 Å². The Balaban J connectivity index is 1.08. The van der Waals surface area contributed by atoms with Gasteiger partial charge in [0.2, 0.25) is 39.5 Å². The number of sulfonamides is 1. The Morgan fingerprint density at radius 1 is 1.13 bits per heavy atom. The summed E-state index contributed by atoms with van der Waals surface area (Å²) < 4.78 is 39.4. The smallest absolute Gasteiger partial charge is 0.315 e. The van der Waals surface area contributed by atoms with Gasteiger partial charge in [-0.05, 0) is 67.8 Å². The Morgan fingerprint density at radius 3 is 2.65 bits per heavy atom. The minimum absolute atomic E-state index is 0.0349. The van der Waals surface area contributed by atoms with Crippen LogP contribution in [0, 0.1) is 5.92 Å². The molecule has 3 saturated heterocycles. The average molecular weight is 867 g/mol. The van der Waals surface area contributed by atoms with Crippen molar-refractivity contribution in [2.45, 2.75) is 97.7 Å². The van der Waals surface area contributed by atoms with Gasteiger partial charge in [0.15, 0.2) is 0 Å². The van der Waals surface area contributed by atoms with Crippen molar-refractivity contribution in [3.8, 4) is 11.6 Å². The summed E-state index contributed by atoms with van der Waals surface area (Å²) in [5.41, 5.74) is -1.62. The van der Waals surface area contributed by atoms with Gasteiger partial charge in [0.25, 0.3) is 5.91 Å². The number of benzene rings is 1. The first kappa shape index (κ1) is 42.7. The van der Waals surface area contributed by atoms with Gasteiger partial charge in [-0.2, -0.15) is 11.8 Å². The first-order chi connectivity index (χ1) is 28.7. The molecular weight excluding hydrogens is 817 g/mol. The molecule has 6 N–H and O–H groups in total. The van der Waals surface area contributed by atoms with Gasteiger partial charge in [-0.15, -0.1) is 6.58 Å². The van der Waals surface area contributed by atoms with E-state index in [-0.39, 0.29) is 61.6 Å². The topological polar surface area (TPSA) is 243 Å². The van der Waals surface area contributed by atoms with Gasteiger partial charge in [0.1, 0.15) is 29.5 Å². The van der Waals surface area contributed by atoms with Crippen LogP contribution in [0.3, 0.4) is 0 Å². The van der Waals surface area contributed by atoms with Gasteiger partial charge in [0, 0.05) is 47.9 Å². The third-order valence-electron chi connectivity index (χ3n) is 11.7. The number of carbonyl (C=O) groups excluding carboxylic acids is 6. The number of methoxy groups -OCH3 is 1. The highest BCUT2D eigenvalue weighted by Gasteiger charge is 2.62. The Labute approximate surface area is 351 Å². The van der Waals surface area contributed by atoms with E-state index in [0.717, 1.165) is 23.6 Å². The van der Waals surface area contributed by atoms with Crippen LogP contribution in [0.4, 0.5) is 4.79 Å². The molecule has 1 aromatic carbocycles. The second-order valence-electron chi connectivity index (χ2n) is 15.8. The van der Waals surface area contributed by atoms with Crippen molar-refractivity contribution < 1.29 is 46.7 Å². The van der Waals surface area contributed by atoms with E-state index in [2.05, 4.69) is 49.4 Å². The number of hydrogen-bond donors (Lipinski definition) is 6. The highest BCUT2D eigenvalue weighted by molar-refractivity contribution is 8.00. The zero-order chi connectivity index (χ0) is 42.8. The summed E-state index contributed by atoms with van der Waals surface area (Å²) in [6, 6.07) is 4.50. The third-order valence-corrected chi connectivity index (χ3v) is 15.0. The van der Waals surface area contributed by atoms with Crippen LogP contribution in [0.2, 0.25) is 0 Å². The molecule has 0 bridgehead atoms. The Hall–Kier alpha value is -5.37. The van der Waals surface area contributed by atoms with E-state index in [1.54, 1.807) is 43.3 Å². The van der Waals surface area contributed by atoms with Crippen molar-refractivity contribution in [1.82, 2.24) is 41.2 Å². The lowest BCUT2D eigenvalue weighted by Gasteiger charge is -2.30. The standard InChI is InChI=1S/C40H50N8O10S2/c1-4-23-18-40(23,38(53)47-60(55,56)26-11-12-26)46-35(51)30-17-25(58-36-27-13-10-24(57-3)16-22(27)14-15-41-36)20-48(30)37(52)28(19-42-32(49)5-2)43-33(50)9-7-6-8-31-34-29(21-59-31)44-39(54)45-34/h4-5,10,13-16,23,25-26,28-31,34H,1-2,6-9,11-12,17-21H2,3H3,(H,42,49)(H,43,50)(H,46,51)(H,47,53)(H2,44,45,54). The fraction of sp³-hybridized carbons (Fsp3) is 0.525. The number of nitrogens with zero attached hydrogens (tertiary/aromatic N) is 2. The van der Waals surface area contributed by atoms with Crippen molar-refractivity contribution >= 4 is 68.1 Å². The summed E-state index contributed by atoms with van der Waals surface area (Å²) in [7, 11) is -2.40. The summed E-state index contributed by atoms with van der Waals surface area (Å²) in [6.45, 7) is 6.76. The van der Waals surface area contributed by atoms with Crippen LogP contribution in [-0.4, -0.2) is 126 Å². The van der Waals surface area contributed by atoms with E-state index >= 15 is 0 Å². The van der Waals surface area contributed by atoms with Crippen LogP contribution in [0.1, 0.15) is 51.4 Å². The summed E-state index contributed by atoms with van der Waals surface area (Å²) in [5.74, 6) is -2.26. The number of pyridine rings is 1. The number of hydrogen-bond acceptors (Lipinski definition) is 12. The highest BCUT2D eigenvalue weighted by atomic mass is 32.2. The molecular formula is C40H50N8O10S2. The first-order valence-corrected chi connectivity index (χ1v) is 22.6. The van der Waals surface area contributed by atoms with Crippen molar-refractivity contribution in [2.24, 2.45) is 5.92 Å². The lowest BCUT2D eigenvalue weighted by atomic mass is 10.0. The molecule has 322 valence electrons. The minimum Gasteiger partial charge on any atom is -0.497 e. The molecule has 5 aliphatic rings. The van der Waals surface area contributed by atoms with E-state index in [0.29, 0.717) is 36.8 Å². The molecule has 3 aliphatic heterocycles. The Morgan fingerprint density at radius 2 is 1.93 bits per heavy atom. The summed E-state index contributed by atoms with van der Waals surface area (Å²) in [6.07, 6.45) is 6.20. The second kappa shape index (κ2) is 17.7. The summed E-state index contributed by atoms with van der Waals surface area (Å²) >= 11 is 1.77. The largest absolute Gasteiger partial charge is 0.497 e. The van der Waals surface area contributed by atoms with Crippen LogP contribution < -0.4 is 40.8 Å². The number of nitrogens with one attached hydrogen (secondary N) is 6. The Bertz CT molecular complexity index is 2190. The number of unbranched alkanes of at least 4 members (excludes halogenated alkanes) is 1. The van der Waals surface area contributed by atoms with E-state index < -0.39 is 74.5 Å². The maximum absolute atomic E-state index is 14.6. The lowest BCUT2D eigenvalue weighted by Crippen LogP contribution is -2.59. The first-order valence-electron chi connectivity index (χ1n) is 20.0. The molecule has 4 heterocycles. The molecule has 7 rings (SSSR count). The predicted molar refractivity (Wildman–Crippen MR) is 221 cm³/mol. The zero-order valence-electron chi connectivity index (χ0n) is 33.1. The van der Waals surface area contributed by atoms with Crippen LogP contribution in [-0.2, 0) is 34.0 Å². The van der Waals surface area contributed by atoms with Gasteiger partial charge in [0.05, 0.1) is 31.0 Å². The summed E-state index contributed by atoms with van der Waals surface area (Å²) in [5, 5.41) is 14.9. The minimum atomic E-state index is -3.95. The predicted octanol–water partition coefficient (Wildman–Crippen LogP) is 0.774. The fourth-order valence-corrected chi connectivity index (χ4v) is 11.0. The molecule has 18 nitrogen and oxygen atoms in total. The molecule has 0 radical (unpaired) electrons. The molecule has 1 aromatic heterocycles. The maximum atomic E-state index is 14.6. The van der Waals surface area contributed by atoms with Gasteiger partial charge in [-0.3, -0.25) is 28.7 Å². The van der Waals surface area contributed by atoms with Crippen molar-refractivity contribution in [3.05, 3.63) is 55.8 Å². The summed E-state index contributed by atoms with van der Waals surface area (Å²) in [4.78, 5) is 85.6. The van der Waals surface area contributed by atoms with Crippen LogP contribution in [0.25, 0.3) is 10.8 Å². The number of urea groups is 1. The average Bonchev–Trinajstić information content (AvgIpc) is 4.10. The zero-order valence-corrected chi connectivity index (χ0v) is 34.8. The normalized spacial score (nSPS) is 27.1. The molecule has 2 saturated carbocycles. The molecule has 7 amide bonds. The van der Waals surface area contributed by atoms with E-state index in [1.807, 2.05) is 6.07 Å². The van der Waals surface area contributed by atoms with E-state index in [4.69, 9.17) is 9.47 Å². The van der Waals surface area contributed by atoms with E-state index in [1.165, 1.54) is 11.0 Å². The lowest BCUT2D eigenvalue weighted by molar-refractivity contribution is -0.142.